The fraction of sp³-hybridized carbons (Fsp3) is 0.545. The number of hydrogen-bond acceptors (Lipinski definition) is 3. The maximum Gasteiger partial charge on any atom is 0.305 e. The fourth-order valence-electron chi connectivity index (χ4n) is 1.39. The standard InChI is InChI=1S/C11H17NO3/c1-8-5-6-9(15-8)12(4)11(2,3)7-10(13)14/h5-6H,7H2,1-4H3,(H,13,14). The lowest BCUT2D eigenvalue weighted by Gasteiger charge is -2.34. The Kier molecular flexibility index (Phi) is 3.07. The van der Waals surface area contributed by atoms with Crippen LogP contribution >= 0.6 is 0 Å². The molecule has 15 heavy (non-hydrogen) atoms. The number of carbonyl (C=O) groups is 1. The van der Waals surface area contributed by atoms with E-state index < -0.39 is 11.5 Å². The molecule has 1 rings (SSSR count). The van der Waals surface area contributed by atoms with Crippen molar-refractivity contribution >= 4 is 11.9 Å². The summed E-state index contributed by atoms with van der Waals surface area (Å²) in [5, 5.41) is 8.79. The summed E-state index contributed by atoms with van der Waals surface area (Å²) in [6, 6.07) is 3.71. The van der Waals surface area contributed by atoms with Crippen LogP contribution in [0.5, 0.6) is 0 Å². The van der Waals surface area contributed by atoms with Crippen LogP contribution in [0, 0.1) is 6.92 Å². The van der Waals surface area contributed by atoms with Crippen LogP contribution in [0.15, 0.2) is 16.5 Å². The van der Waals surface area contributed by atoms with E-state index in [9.17, 15) is 4.79 Å². The van der Waals surface area contributed by atoms with E-state index in [0.717, 1.165) is 5.76 Å². The molecule has 0 saturated carbocycles. The minimum Gasteiger partial charge on any atom is -0.481 e. The maximum atomic E-state index is 10.7. The zero-order valence-corrected chi connectivity index (χ0v) is 9.57. The first-order valence-corrected chi connectivity index (χ1v) is 4.85. The third kappa shape index (κ3) is 2.75. The number of aliphatic carboxylic acids is 1. The van der Waals surface area contributed by atoms with Gasteiger partial charge >= 0.3 is 5.97 Å². The molecule has 4 nitrogen and oxygen atoms in total. The number of rotatable bonds is 4. The lowest BCUT2D eigenvalue weighted by Crippen LogP contribution is -2.42. The van der Waals surface area contributed by atoms with Gasteiger partial charge in [-0.05, 0) is 26.8 Å². The Morgan fingerprint density at radius 1 is 1.53 bits per heavy atom. The molecule has 4 heteroatoms. The molecule has 0 aliphatic heterocycles. The zero-order valence-electron chi connectivity index (χ0n) is 9.57. The first-order valence-electron chi connectivity index (χ1n) is 4.85. The number of carboxylic acid groups (broad SMARTS) is 1. The van der Waals surface area contributed by atoms with E-state index in [4.69, 9.17) is 9.52 Å². The summed E-state index contributed by atoms with van der Waals surface area (Å²) in [7, 11) is 1.83. The minimum atomic E-state index is -0.810. The van der Waals surface area contributed by atoms with Gasteiger partial charge in [-0.3, -0.25) is 4.79 Å². The molecule has 1 heterocycles. The SMILES string of the molecule is Cc1ccc(N(C)C(C)(C)CC(=O)O)o1. The topological polar surface area (TPSA) is 53.7 Å². The Balaban J connectivity index is 2.83. The molecule has 0 aliphatic rings. The van der Waals surface area contributed by atoms with Crippen LogP contribution in [0.2, 0.25) is 0 Å². The Hall–Kier alpha value is -1.45. The van der Waals surface area contributed by atoms with Gasteiger partial charge < -0.3 is 14.4 Å². The van der Waals surface area contributed by atoms with Crippen LogP contribution in [0.3, 0.4) is 0 Å². The van der Waals surface area contributed by atoms with Crippen LogP contribution in [-0.4, -0.2) is 23.7 Å². The summed E-state index contributed by atoms with van der Waals surface area (Å²) in [6.45, 7) is 5.61. The van der Waals surface area contributed by atoms with Crippen molar-refractivity contribution in [3.8, 4) is 0 Å². The molecular formula is C11H17NO3. The lowest BCUT2D eigenvalue weighted by atomic mass is 9.99. The van der Waals surface area contributed by atoms with Gasteiger partial charge in [0.25, 0.3) is 0 Å². The largest absolute Gasteiger partial charge is 0.481 e. The molecule has 0 spiro atoms. The number of anilines is 1. The van der Waals surface area contributed by atoms with Gasteiger partial charge in [-0.25, -0.2) is 0 Å². The van der Waals surface area contributed by atoms with E-state index in [1.807, 2.05) is 44.9 Å². The van der Waals surface area contributed by atoms with Crippen molar-refractivity contribution in [2.75, 3.05) is 11.9 Å². The molecule has 0 unspecified atom stereocenters. The lowest BCUT2D eigenvalue weighted by molar-refractivity contribution is -0.138. The highest BCUT2D eigenvalue weighted by Crippen LogP contribution is 2.26. The summed E-state index contributed by atoms with van der Waals surface area (Å²) in [6.07, 6.45) is 0.0727. The average Bonchev–Trinajstić information content (AvgIpc) is 2.48. The van der Waals surface area contributed by atoms with Crippen LogP contribution in [0.4, 0.5) is 5.88 Å². The zero-order chi connectivity index (χ0) is 11.6. The van der Waals surface area contributed by atoms with Crippen molar-refractivity contribution in [2.24, 2.45) is 0 Å². The molecule has 0 saturated heterocycles. The molecule has 0 aromatic carbocycles. The second-order valence-electron chi connectivity index (χ2n) is 4.33. The summed E-state index contributed by atoms with van der Waals surface area (Å²) in [4.78, 5) is 12.5. The Morgan fingerprint density at radius 3 is 2.53 bits per heavy atom. The van der Waals surface area contributed by atoms with Gasteiger partial charge in [0.1, 0.15) is 5.76 Å². The van der Waals surface area contributed by atoms with Gasteiger partial charge in [0.2, 0.25) is 0 Å². The molecule has 0 atom stereocenters. The molecule has 0 fully saturated rings. The van der Waals surface area contributed by atoms with Crippen molar-refractivity contribution in [1.29, 1.82) is 0 Å². The normalized spacial score (nSPS) is 11.5. The molecule has 0 radical (unpaired) electrons. The Morgan fingerprint density at radius 2 is 2.13 bits per heavy atom. The van der Waals surface area contributed by atoms with Crippen molar-refractivity contribution < 1.29 is 14.3 Å². The minimum absolute atomic E-state index is 0.0727. The van der Waals surface area contributed by atoms with Crippen molar-refractivity contribution in [3.05, 3.63) is 17.9 Å². The molecule has 0 bridgehead atoms. The van der Waals surface area contributed by atoms with E-state index >= 15 is 0 Å². The molecular weight excluding hydrogens is 194 g/mol. The maximum absolute atomic E-state index is 10.7. The van der Waals surface area contributed by atoms with Crippen LogP contribution in [-0.2, 0) is 4.79 Å². The summed E-state index contributed by atoms with van der Waals surface area (Å²) >= 11 is 0. The van der Waals surface area contributed by atoms with Crippen molar-refractivity contribution in [3.63, 3.8) is 0 Å². The van der Waals surface area contributed by atoms with Gasteiger partial charge in [-0.2, -0.15) is 0 Å². The molecule has 1 N–H and O–H groups in total. The molecule has 0 aliphatic carbocycles. The monoisotopic (exact) mass is 211 g/mol. The smallest absolute Gasteiger partial charge is 0.305 e. The number of furan rings is 1. The van der Waals surface area contributed by atoms with Crippen LogP contribution in [0.25, 0.3) is 0 Å². The third-order valence-electron chi connectivity index (χ3n) is 2.55. The molecule has 1 aromatic rings. The number of hydrogen-bond donors (Lipinski definition) is 1. The van der Waals surface area contributed by atoms with Gasteiger partial charge in [-0.1, -0.05) is 0 Å². The highest BCUT2D eigenvalue weighted by molar-refractivity contribution is 5.69. The highest BCUT2D eigenvalue weighted by Gasteiger charge is 2.28. The van der Waals surface area contributed by atoms with Gasteiger partial charge in [0.05, 0.1) is 6.42 Å². The number of carboxylic acids is 1. The van der Waals surface area contributed by atoms with Crippen molar-refractivity contribution in [1.82, 2.24) is 0 Å². The fourth-order valence-corrected chi connectivity index (χ4v) is 1.39. The first-order chi connectivity index (χ1) is 6.83. The Bertz CT molecular complexity index is 354. The molecule has 0 amide bonds. The number of aryl methyl sites for hydroxylation is 1. The van der Waals surface area contributed by atoms with E-state index in [1.165, 1.54) is 0 Å². The summed E-state index contributed by atoms with van der Waals surface area (Å²) in [5.74, 6) is 0.705. The van der Waals surface area contributed by atoms with E-state index in [1.54, 1.807) is 0 Å². The summed E-state index contributed by atoms with van der Waals surface area (Å²) < 4.78 is 5.45. The van der Waals surface area contributed by atoms with E-state index in [2.05, 4.69) is 0 Å². The second kappa shape index (κ2) is 3.96. The van der Waals surface area contributed by atoms with Gasteiger partial charge in [-0.15, -0.1) is 0 Å². The second-order valence-corrected chi connectivity index (χ2v) is 4.33. The van der Waals surface area contributed by atoms with Crippen LogP contribution < -0.4 is 4.90 Å². The highest BCUT2D eigenvalue weighted by atomic mass is 16.4. The van der Waals surface area contributed by atoms with E-state index in [-0.39, 0.29) is 6.42 Å². The first kappa shape index (κ1) is 11.6. The Labute approximate surface area is 89.5 Å². The molecule has 1 aromatic heterocycles. The van der Waals surface area contributed by atoms with E-state index in [0.29, 0.717) is 5.88 Å². The third-order valence-corrected chi connectivity index (χ3v) is 2.55. The predicted molar refractivity (Wildman–Crippen MR) is 58.2 cm³/mol. The molecule has 84 valence electrons. The van der Waals surface area contributed by atoms with Crippen molar-refractivity contribution in [2.45, 2.75) is 32.7 Å². The van der Waals surface area contributed by atoms with Gasteiger partial charge in [0, 0.05) is 18.7 Å². The average molecular weight is 211 g/mol. The predicted octanol–water partition coefficient (Wildman–Crippen LogP) is 2.28. The van der Waals surface area contributed by atoms with Gasteiger partial charge in [0.15, 0.2) is 5.88 Å². The van der Waals surface area contributed by atoms with Crippen LogP contribution in [0.1, 0.15) is 26.0 Å². The quantitative estimate of drug-likeness (QED) is 0.830. The number of nitrogens with zero attached hydrogens (tertiary/aromatic N) is 1. The summed E-state index contributed by atoms with van der Waals surface area (Å²) in [5.41, 5.74) is -0.462.